The molecule has 1 amide bonds. The molecule has 0 atom stereocenters. The molecule has 2 saturated heterocycles. The normalized spacial score (nSPS) is 18.1. The number of nitrogens with zero attached hydrogens (tertiary/aromatic N) is 5. The maximum Gasteiger partial charge on any atom is 0.410 e. The average molecular weight is 578 g/mol. The lowest BCUT2D eigenvalue weighted by molar-refractivity contribution is 0.0204. The van der Waals surface area contributed by atoms with Crippen molar-refractivity contribution in [2.75, 3.05) is 49.2 Å². The number of aromatic nitrogens is 2. The van der Waals surface area contributed by atoms with Crippen LogP contribution in [-0.2, 0) is 16.1 Å². The second-order valence-electron chi connectivity index (χ2n) is 13.9. The van der Waals surface area contributed by atoms with E-state index in [4.69, 9.17) is 24.2 Å². The van der Waals surface area contributed by atoms with Crippen LogP contribution < -0.4 is 14.5 Å². The molecular formula is C33H47N5O4. The lowest BCUT2D eigenvalue weighted by atomic mass is 9.90. The molecule has 0 aliphatic carbocycles. The Kier molecular flexibility index (Phi) is 8.43. The van der Waals surface area contributed by atoms with E-state index in [1.165, 1.54) is 0 Å². The molecule has 2 aromatic rings. The monoisotopic (exact) mass is 577 g/mol. The number of morpholine rings is 1. The van der Waals surface area contributed by atoms with E-state index in [-0.39, 0.29) is 17.4 Å². The number of likely N-dealkylation sites (tertiary alicyclic amines) is 1. The van der Waals surface area contributed by atoms with Crippen LogP contribution in [0.3, 0.4) is 0 Å². The summed E-state index contributed by atoms with van der Waals surface area (Å²) < 4.78 is 17.8. The van der Waals surface area contributed by atoms with Crippen molar-refractivity contribution in [3.8, 4) is 5.75 Å². The summed E-state index contributed by atoms with van der Waals surface area (Å²) in [7, 11) is 0. The Balaban J connectivity index is 1.50. The second kappa shape index (κ2) is 11.7. The molecule has 42 heavy (non-hydrogen) atoms. The van der Waals surface area contributed by atoms with Crippen LogP contribution >= 0.6 is 0 Å². The van der Waals surface area contributed by atoms with Crippen molar-refractivity contribution >= 4 is 23.3 Å². The first-order valence-electron chi connectivity index (χ1n) is 15.2. The molecule has 0 aromatic carbocycles. The van der Waals surface area contributed by atoms with E-state index in [9.17, 15) is 4.79 Å². The van der Waals surface area contributed by atoms with Crippen molar-refractivity contribution in [2.24, 2.45) is 5.41 Å². The molecule has 5 rings (SSSR count). The fourth-order valence-electron chi connectivity index (χ4n) is 6.08. The summed E-state index contributed by atoms with van der Waals surface area (Å²) >= 11 is 0. The molecule has 3 aliphatic rings. The summed E-state index contributed by atoms with van der Waals surface area (Å²) in [6, 6.07) is 4.26. The second-order valence-corrected chi connectivity index (χ2v) is 13.9. The Hall–Kier alpha value is -3.33. The number of carbonyl (C=O) groups is 1. The predicted octanol–water partition coefficient (Wildman–Crippen LogP) is 6.72. The van der Waals surface area contributed by atoms with Gasteiger partial charge in [-0.3, -0.25) is 9.88 Å². The Morgan fingerprint density at radius 1 is 1.07 bits per heavy atom. The first-order chi connectivity index (χ1) is 19.8. The van der Waals surface area contributed by atoms with Crippen LogP contribution in [0.15, 0.2) is 30.6 Å². The number of hydrogen-bond donors (Lipinski definition) is 0. The zero-order chi connectivity index (χ0) is 30.2. The van der Waals surface area contributed by atoms with Gasteiger partial charge in [0.25, 0.3) is 0 Å². The highest BCUT2D eigenvalue weighted by Gasteiger charge is 2.34. The summed E-state index contributed by atoms with van der Waals surface area (Å²) in [6.45, 7) is 23.8. The van der Waals surface area contributed by atoms with Crippen molar-refractivity contribution in [1.29, 1.82) is 0 Å². The summed E-state index contributed by atoms with van der Waals surface area (Å²) in [4.78, 5) is 29.1. The van der Waals surface area contributed by atoms with Crippen LogP contribution in [-0.4, -0.2) is 66.0 Å². The SMILES string of the molecule is C=C(CC(C)(C)C)N1c2cc(C3CCN(C(=O)OC(C)(C)C)CC3)nc(C)c2OCc2c(N3CCOCC3)ccnc21. The number of carbonyl (C=O) groups excluding carboxylic acids is 1. The van der Waals surface area contributed by atoms with E-state index in [1.807, 2.05) is 38.8 Å². The van der Waals surface area contributed by atoms with Gasteiger partial charge < -0.3 is 24.0 Å². The molecule has 3 aliphatic heterocycles. The smallest absolute Gasteiger partial charge is 0.410 e. The number of aryl methyl sites for hydroxylation is 1. The zero-order valence-electron chi connectivity index (χ0n) is 26.5. The number of rotatable bonds is 4. The van der Waals surface area contributed by atoms with Crippen LogP contribution in [0, 0.1) is 12.3 Å². The molecular weight excluding hydrogens is 530 g/mol. The average Bonchev–Trinajstić information content (AvgIpc) is 3.09. The van der Waals surface area contributed by atoms with Gasteiger partial charge in [-0.15, -0.1) is 0 Å². The number of fused-ring (bicyclic) bond motifs is 2. The van der Waals surface area contributed by atoms with E-state index in [2.05, 4.69) is 49.3 Å². The highest BCUT2D eigenvalue weighted by atomic mass is 16.6. The van der Waals surface area contributed by atoms with E-state index >= 15 is 0 Å². The number of anilines is 3. The Morgan fingerprint density at radius 3 is 2.40 bits per heavy atom. The molecule has 0 spiro atoms. The fourth-order valence-corrected chi connectivity index (χ4v) is 6.08. The first kappa shape index (κ1) is 30.1. The topological polar surface area (TPSA) is 80.3 Å². The van der Waals surface area contributed by atoms with Gasteiger partial charge in [-0.05, 0) is 64.5 Å². The van der Waals surface area contributed by atoms with Gasteiger partial charge >= 0.3 is 6.09 Å². The third kappa shape index (κ3) is 6.66. The molecule has 0 saturated carbocycles. The van der Waals surface area contributed by atoms with Crippen LogP contribution in [0.1, 0.15) is 83.7 Å². The van der Waals surface area contributed by atoms with E-state index in [0.717, 1.165) is 77.9 Å². The van der Waals surface area contributed by atoms with Gasteiger partial charge in [0.15, 0.2) is 5.75 Å². The predicted molar refractivity (Wildman–Crippen MR) is 166 cm³/mol. The number of ether oxygens (including phenoxy) is 3. The van der Waals surface area contributed by atoms with Crippen molar-refractivity contribution < 1.29 is 19.0 Å². The van der Waals surface area contributed by atoms with E-state index < -0.39 is 5.60 Å². The molecule has 0 N–H and O–H groups in total. The van der Waals surface area contributed by atoms with E-state index in [1.54, 1.807) is 0 Å². The number of amides is 1. The van der Waals surface area contributed by atoms with Gasteiger partial charge in [-0.25, -0.2) is 9.78 Å². The zero-order valence-corrected chi connectivity index (χ0v) is 26.5. The quantitative estimate of drug-likeness (QED) is 0.396. The molecule has 0 unspecified atom stereocenters. The Labute approximate surface area is 250 Å². The van der Waals surface area contributed by atoms with Crippen molar-refractivity contribution in [3.05, 3.63) is 47.6 Å². The van der Waals surface area contributed by atoms with Crippen LogP contribution in [0.4, 0.5) is 22.0 Å². The number of piperidine rings is 1. The van der Waals surface area contributed by atoms with Gasteiger partial charge in [0.1, 0.15) is 18.0 Å². The molecule has 9 heteroatoms. The maximum absolute atomic E-state index is 12.7. The lowest BCUT2D eigenvalue weighted by Gasteiger charge is -2.35. The Morgan fingerprint density at radius 2 is 1.76 bits per heavy atom. The molecule has 2 fully saturated rings. The van der Waals surface area contributed by atoms with Gasteiger partial charge in [0.05, 0.1) is 30.2 Å². The maximum atomic E-state index is 12.7. The number of hydrogen-bond acceptors (Lipinski definition) is 8. The molecule has 2 aromatic heterocycles. The lowest BCUT2D eigenvalue weighted by Crippen LogP contribution is -2.41. The standard InChI is InChI=1S/C33H47N5O4/c1-22(20-32(3,4)5)38-28-19-26(24-10-13-37(14-11-24)31(39)42-33(6,7)8)35-23(2)29(28)41-21-25-27(9-12-34-30(25)38)36-15-17-40-18-16-36/h9,12,19,24H,1,10-11,13-18,20-21H2,2-8H3. The third-order valence-electron chi connectivity index (χ3n) is 7.93. The summed E-state index contributed by atoms with van der Waals surface area (Å²) in [5.74, 6) is 1.86. The van der Waals surface area contributed by atoms with Gasteiger partial charge in [-0.1, -0.05) is 27.4 Å². The molecule has 228 valence electrons. The van der Waals surface area contributed by atoms with E-state index in [0.29, 0.717) is 32.9 Å². The minimum atomic E-state index is -0.505. The van der Waals surface area contributed by atoms with Crippen LogP contribution in [0.2, 0.25) is 0 Å². The molecule has 5 heterocycles. The highest BCUT2D eigenvalue weighted by molar-refractivity contribution is 5.79. The fraction of sp³-hybridized carbons (Fsp3) is 0.606. The molecule has 0 radical (unpaired) electrons. The van der Waals surface area contributed by atoms with Crippen molar-refractivity contribution in [3.63, 3.8) is 0 Å². The first-order valence-corrected chi connectivity index (χ1v) is 15.2. The van der Waals surface area contributed by atoms with Gasteiger partial charge in [0.2, 0.25) is 0 Å². The van der Waals surface area contributed by atoms with Gasteiger partial charge in [0, 0.05) is 55.4 Å². The van der Waals surface area contributed by atoms with Crippen LogP contribution in [0.25, 0.3) is 0 Å². The highest BCUT2D eigenvalue weighted by Crippen LogP contribution is 2.47. The molecule has 9 nitrogen and oxygen atoms in total. The van der Waals surface area contributed by atoms with Gasteiger partial charge in [-0.2, -0.15) is 0 Å². The van der Waals surface area contributed by atoms with Crippen LogP contribution in [0.5, 0.6) is 5.75 Å². The number of pyridine rings is 2. The summed E-state index contributed by atoms with van der Waals surface area (Å²) in [5.41, 5.74) is 5.49. The number of allylic oxidation sites excluding steroid dienone is 1. The van der Waals surface area contributed by atoms with Crippen molar-refractivity contribution in [1.82, 2.24) is 14.9 Å². The minimum Gasteiger partial charge on any atom is -0.485 e. The largest absolute Gasteiger partial charge is 0.485 e. The molecule has 0 bridgehead atoms. The summed E-state index contributed by atoms with van der Waals surface area (Å²) in [5, 5.41) is 0. The Bertz CT molecular complexity index is 1310. The third-order valence-corrected chi connectivity index (χ3v) is 7.93. The minimum absolute atomic E-state index is 0.0335. The summed E-state index contributed by atoms with van der Waals surface area (Å²) in [6.07, 6.45) is 4.09. The van der Waals surface area contributed by atoms with Crippen molar-refractivity contribution in [2.45, 2.75) is 85.9 Å².